The zero-order valence-corrected chi connectivity index (χ0v) is 11.9. The minimum absolute atomic E-state index is 0.0262. The summed E-state index contributed by atoms with van der Waals surface area (Å²) < 4.78 is 13.4. The molecular formula is C17H21FN2. The topological polar surface area (TPSA) is 38.0 Å². The summed E-state index contributed by atoms with van der Waals surface area (Å²) in [5.74, 6) is 5.84. The molecule has 0 fully saturated rings. The van der Waals surface area contributed by atoms with Crippen LogP contribution < -0.4 is 11.3 Å². The second-order valence-electron chi connectivity index (χ2n) is 5.08. The third-order valence-electron chi connectivity index (χ3n) is 3.79. The van der Waals surface area contributed by atoms with Crippen molar-refractivity contribution in [1.29, 1.82) is 0 Å². The molecule has 106 valence electrons. The normalized spacial score (nSPS) is 14.0. The van der Waals surface area contributed by atoms with E-state index in [1.807, 2.05) is 24.3 Å². The second-order valence-corrected chi connectivity index (χ2v) is 5.08. The van der Waals surface area contributed by atoms with E-state index in [0.29, 0.717) is 5.56 Å². The third kappa shape index (κ3) is 3.06. The van der Waals surface area contributed by atoms with Gasteiger partial charge in [-0.15, -0.1) is 0 Å². The van der Waals surface area contributed by atoms with Crippen molar-refractivity contribution in [1.82, 2.24) is 5.43 Å². The lowest BCUT2D eigenvalue weighted by Gasteiger charge is -2.27. The highest BCUT2D eigenvalue weighted by Crippen LogP contribution is 2.33. The summed E-state index contributed by atoms with van der Waals surface area (Å²) in [5, 5.41) is 0. The fourth-order valence-corrected chi connectivity index (χ4v) is 2.67. The van der Waals surface area contributed by atoms with E-state index in [9.17, 15) is 4.39 Å². The molecule has 0 saturated carbocycles. The van der Waals surface area contributed by atoms with Crippen LogP contribution in [0.2, 0.25) is 0 Å². The van der Waals surface area contributed by atoms with E-state index in [1.54, 1.807) is 13.0 Å². The molecule has 0 amide bonds. The first-order valence-corrected chi connectivity index (χ1v) is 6.94. The van der Waals surface area contributed by atoms with E-state index >= 15 is 0 Å². The van der Waals surface area contributed by atoms with Gasteiger partial charge in [0.2, 0.25) is 0 Å². The van der Waals surface area contributed by atoms with Crippen molar-refractivity contribution in [3.8, 4) is 0 Å². The summed E-state index contributed by atoms with van der Waals surface area (Å²) in [5.41, 5.74) is 5.79. The van der Waals surface area contributed by atoms with Gasteiger partial charge in [0.25, 0.3) is 0 Å². The molecule has 0 spiro atoms. The van der Waals surface area contributed by atoms with E-state index < -0.39 is 0 Å². The molecule has 0 bridgehead atoms. The van der Waals surface area contributed by atoms with Crippen molar-refractivity contribution in [3.63, 3.8) is 0 Å². The Morgan fingerprint density at radius 2 is 1.80 bits per heavy atom. The number of hydrazine groups is 1. The largest absolute Gasteiger partial charge is 0.271 e. The van der Waals surface area contributed by atoms with Crippen LogP contribution >= 0.6 is 0 Å². The number of hydrogen-bond donors (Lipinski definition) is 2. The minimum Gasteiger partial charge on any atom is -0.271 e. The number of halogens is 1. The van der Waals surface area contributed by atoms with Gasteiger partial charge >= 0.3 is 0 Å². The van der Waals surface area contributed by atoms with Crippen molar-refractivity contribution >= 4 is 0 Å². The lowest BCUT2D eigenvalue weighted by molar-refractivity contribution is 0.444. The molecule has 2 aromatic rings. The van der Waals surface area contributed by atoms with Gasteiger partial charge in [0.1, 0.15) is 5.82 Å². The third-order valence-corrected chi connectivity index (χ3v) is 3.79. The van der Waals surface area contributed by atoms with Gasteiger partial charge in [-0.05, 0) is 36.1 Å². The van der Waals surface area contributed by atoms with Gasteiger partial charge in [-0.2, -0.15) is 0 Å². The molecule has 2 atom stereocenters. The Labute approximate surface area is 119 Å². The van der Waals surface area contributed by atoms with Gasteiger partial charge in [0, 0.05) is 5.92 Å². The van der Waals surface area contributed by atoms with Crippen molar-refractivity contribution in [3.05, 3.63) is 71.0 Å². The van der Waals surface area contributed by atoms with Gasteiger partial charge < -0.3 is 0 Å². The Kier molecular flexibility index (Phi) is 4.88. The SMILES string of the molecule is CCC(c1ccccc1)C(NN)c1ccc(F)c(C)c1. The minimum atomic E-state index is -0.183. The fourth-order valence-electron chi connectivity index (χ4n) is 2.67. The molecule has 0 aliphatic rings. The first-order valence-electron chi connectivity index (χ1n) is 6.94. The van der Waals surface area contributed by atoms with E-state index in [2.05, 4.69) is 24.5 Å². The average Bonchev–Trinajstić information content (AvgIpc) is 2.48. The molecule has 2 unspecified atom stereocenters. The molecule has 3 N–H and O–H groups in total. The Hall–Kier alpha value is -1.71. The molecule has 0 aliphatic heterocycles. The van der Waals surface area contributed by atoms with Crippen molar-refractivity contribution < 1.29 is 4.39 Å². The second kappa shape index (κ2) is 6.64. The highest BCUT2D eigenvalue weighted by Gasteiger charge is 2.22. The Morgan fingerprint density at radius 1 is 1.10 bits per heavy atom. The summed E-state index contributed by atoms with van der Waals surface area (Å²) in [4.78, 5) is 0. The van der Waals surface area contributed by atoms with Crippen LogP contribution in [0.4, 0.5) is 4.39 Å². The van der Waals surface area contributed by atoms with Crippen LogP contribution in [0.25, 0.3) is 0 Å². The lowest BCUT2D eigenvalue weighted by atomic mass is 9.85. The van der Waals surface area contributed by atoms with Crippen molar-refractivity contribution in [2.24, 2.45) is 5.84 Å². The number of nitrogens with one attached hydrogen (secondary N) is 1. The maximum atomic E-state index is 13.4. The molecule has 2 nitrogen and oxygen atoms in total. The molecule has 0 radical (unpaired) electrons. The van der Waals surface area contributed by atoms with Crippen LogP contribution in [-0.4, -0.2) is 0 Å². The quantitative estimate of drug-likeness (QED) is 0.641. The maximum absolute atomic E-state index is 13.4. The average molecular weight is 272 g/mol. The van der Waals surface area contributed by atoms with Crippen molar-refractivity contribution in [2.75, 3.05) is 0 Å². The Morgan fingerprint density at radius 3 is 2.35 bits per heavy atom. The molecule has 2 rings (SSSR count). The van der Waals surface area contributed by atoms with Gasteiger partial charge in [0.05, 0.1) is 6.04 Å². The van der Waals surface area contributed by atoms with E-state index in [4.69, 9.17) is 5.84 Å². The molecule has 0 heterocycles. The van der Waals surface area contributed by atoms with Gasteiger partial charge in [-0.3, -0.25) is 11.3 Å². The van der Waals surface area contributed by atoms with Crippen LogP contribution in [-0.2, 0) is 0 Å². The van der Waals surface area contributed by atoms with E-state index in [-0.39, 0.29) is 17.8 Å². The summed E-state index contributed by atoms with van der Waals surface area (Å²) >= 11 is 0. The van der Waals surface area contributed by atoms with Crippen LogP contribution in [0.3, 0.4) is 0 Å². The Balaban J connectivity index is 2.36. The van der Waals surface area contributed by atoms with E-state index in [1.165, 1.54) is 11.6 Å². The highest BCUT2D eigenvalue weighted by atomic mass is 19.1. The molecule has 0 aromatic heterocycles. The summed E-state index contributed by atoms with van der Waals surface area (Å²) in [6, 6.07) is 15.4. The first kappa shape index (κ1) is 14.7. The molecule has 3 heteroatoms. The fraction of sp³-hybridized carbons (Fsp3) is 0.294. The molecule has 2 aromatic carbocycles. The van der Waals surface area contributed by atoms with Crippen LogP contribution in [0.5, 0.6) is 0 Å². The highest BCUT2D eigenvalue weighted by molar-refractivity contribution is 5.31. The van der Waals surface area contributed by atoms with Crippen LogP contribution in [0, 0.1) is 12.7 Å². The molecule has 20 heavy (non-hydrogen) atoms. The van der Waals surface area contributed by atoms with Crippen LogP contribution in [0.15, 0.2) is 48.5 Å². The zero-order valence-electron chi connectivity index (χ0n) is 11.9. The standard InChI is InChI=1S/C17H21FN2/c1-3-15(13-7-5-4-6-8-13)17(20-19)14-9-10-16(18)12(2)11-14/h4-11,15,17,20H,3,19H2,1-2H3. The van der Waals surface area contributed by atoms with E-state index in [0.717, 1.165) is 12.0 Å². The van der Waals surface area contributed by atoms with Gasteiger partial charge in [0.15, 0.2) is 0 Å². The predicted octanol–water partition coefficient (Wildman–Crippen LogP) is 3.83. The summed E-state index contributed by atoms with van der Waals surface area (Å²) in [6.07, 6.45) is 0.954. The number of benzene rings is 2. The smallest absolute Gasteiger partial charge is 0.126 e. The molecular weight excluding hydrogens is 251 g/mol. The van der Waals surface area contributed by atoms with Crippen LogP contribution in [0.1, 0.15) is 42.0 Å². The zero-order chi connectivity index (χ0) is 14.5. The molecule has 0 saturated heterocycles. The van der Waals surface area contributed by atoms with Gasteiger partial charge in [-0.25, -0.2) is 4.39 Å². The number of aryl methyl sites for hydroxylation is 1. The first-order chi connectivity index (χ1) is 9.67. The Bertz CT molecular complexity index is 554. The molecule has 0 aliphatic carbocycles. The monoisotopic (exact) mass is 272 g/mol. The number of nitrogens with two attached hydrogens (primary N) is 1. The lowest BCUT2D eigenvalue weighted by Crippen LogP contribution is -2.32. The summed E-state index contributed by atoms with van der Waals surface area (Å²) in [6.45, 7) is 3.91. The van der Waals surface area contributed by atoms with Crippen molar-refractivity contribution in [2.45, 2.75) is 32.2 Å². The number of rotatable bonds is 5. The predicted molar refractivity (Wildman–Crippen MR) is 80.7 cm³/mol. The summed E-state index contributed by atoms with van der Waals surface area (Å²) in [7, 11) is 0. The number of hydrogen-bond acceptors (Lipinski definition) is 2. The van der Waals surface area contributed by atoms with Gasteiger partial charge in [-0.1, -0.05) is 49.4 Å². The maximum Gasteiger partial charge on any atom is 0.126 e.